The Morgan fingerprint density at radius 3 is 1.01 bits per heavy atom. The molecule has 0 saturated heterocycles. The number of allylic oxidation sites excluding steroid dienone is 2. The van der Waals surface area contributed by atoms with Crippen LogP contribution < -0.4 is 42.8 Å². The molecule has 8 heteroatoms. The summed E-state index contributed by atoms with van der Waals surface area (Å²) < 4.78 is 0. The average Bonchev–Trinajstić information content (AvgIpc) is 4.25. The zero-order valence-corrected chi connectivity index (χ0v) is 48.0. The predicted octanol–water partition coefficient (Wildman–Crippen LogP) is 7.93. The molecule has 4 aliphatic rings. The molecule has 0 aromatic carbocycles. The minimum absolute atomic E-state index is 0.0824. The lowest BCUT2D eigenvalue weighted by Crippen LogP contribution is -2.21. The molecule has 6 aromatic heterocycles. The Morgan fingerprint density at radius 2 is 0.554 bits per heavy atom. The molecule has 6 aromatic rings. The van der Waals surface area contributed by atoms with Gasteiger partial charge in [0.15, 0.2) is 0 Å². The summed E-state index contributed by atoms with van der Waals surface area (Å²) in [5, 5.41) is 8.72. The van der Waals surface area contributed by atoms with E-state index in [-0.39, 0.29) is 12.1 Å². The van der Waals surface area contributed by atoms with Crippen molar-refractivity contribution in [1.29, 1.82) is 0 Å². The summed E-state index contributed by atoms with van der Waals surface area (Å²) in [5.41, 5.74) is 34.6. The molecule has 6 N–H and O–H groups in total. The first kappa shape index (κ1) is 50.1. The molecular formula is C66H74N8. The van der Waals surface area contributed by atoms with Gasteiger partial charge in [-0.25, -0.2) is 0 Å². The monoisotopic (exact) mass is 979 g/mol. The normalized spacial score (nSPS) is 23.6. The minimum Gasteiger partial charge on any atom is -0.355 e. The van der Waals surface area contributed by atoms with Gasteiger partial charge in [-0.2, -0.15) is 0 Å². The summed E-state index contributed by atoms with van der Waals surface area (Å²) in [4.78, 5) is 34.7. The number of aromatic amines is 6. The highest BCUT2D eigenvalue weighted by atomic mass is 14.9. The molecule has 0 radical (unpaired) electrons. The maximum Gasteiger partial charge on any atom is 0.0951 e. The number of fused-ring (bicyclic) bond motifs is 14. The van der Waals surface area contributed by atoms with Crippen molar-refractivity contribution in [2.24, 2.45) is 9.98 Å². The number of nitrogens with one attached hydrogen (secondary N) is 6. The fourth-order valence-corrected chi connectivity index (χ4v) is 12.6. The van der Waals surface area contributed by atoms with Crippen molar-refractivity contribution >= 4 is 56.0 Å². The predicted molar refractivity (Wildman–Crippen MR) is 311 cm³/mol. The van der Waals surface area contributed by atoms with Crippen molar-refractivity contribution in [3.05, 3.63) is 155 Å². The molecule has 2 atom stereocenters. The largest absolute Gasteiger partial charge is 0.355 e. The first-order valence-corrected chi connectivity index (χ1v) is 26.4. The van der Waals surface area contributed by atoms with E-state index in [9.17, 15) is 0 Å². The van der Waals surface area contributed by atoms with Crippen LogP contribution in [-0.4, -0.2) is 53.4 Å². The average molecular weight is 979 g/mol. The molecule has 74 heavy (non-hydrogen) atoms. The van der Waals surface area contributed by atoms with Crippen LogP contribution in [0.3, 0.4) is 0 Å². The van der Waals surface area contributed by atoms with Gasteiger partial charge in [-0.1, -0.05) is 0 Å². The van der Waals surface area contributed by atoms with E-state index in [0.29, 0.717) is 0 Å². The Balaban J connectivity index is 1.28. The lowest BCUT2D eigenvalue weighted by Gasteiger charge is -2.10. The van der Waals surface area contributed by atoms with Gasteiger partial charge in [-0.05, 0) is 298 Å². The second-order valence-corrected chi connectivity index (χ2v) is 22.2. The molecule has 8 nitrogen and oxygen atoms in total. The Hall–Kier alpha value is -7.42. The number of aromatic nitrogens is 6. The van der Waals surface area contributed by atoms with Crippen LogP contribution >= 0.6 is 0 Å². The highest BCUT2D eigenvalue weighted by Crippen LogP contribution is 2.33. The van der Waals surface area contributed by atoms with Gasteiger partial charge in [0.05, 0.1) is 51.0 Å². The zero-order valence-electron chi connectivity index (χ0n) is 48.0. The van der Waals surface area contributed by atoms with E-state index in [0.717, 1.165) is 122 Å². The van der Waals surface area contributed by atoms with E-state index in [2.05, 4.69) is 206 Å². The standard InChI is InChI=1S/C66H74N8/c1-27-31(5)55-45(19)59-35(9)39(13)63(71-59)49(64-40(14)36(10)60(72-64)46(20)56-32(6)28(2)52(68-56)43(17)51(27)67-55)25-23-24-26-50-65-41(15)37(11)61(73-65)47(21)57-33(7)29(3)53(69-57)44(18)54-30(4)34(8)58(70-54)48(22)62-38(12)42(16)66(50)74-62/h55,61,68-72,74H,1-22H3/b52-43-,53-44-,56-46-,57-47-,59-45-,62-48-,63-49-,66-50-/t55-,61-/m1/s1. The Kier molecular flexibility index (Phi) is 11.9. The van der Waals surface area contributed by atoms with Gasteiger partial charge in [-0.15, -0.1) is 0 Å². The molecule has 10 heterocycles. The maximum absolute atomic E-state index is 5.63. The molecule has 16 bridgehead atoms. The lowest BCUT2D eigenvalue weighted by atomic mass is 9.96. The van der Waals surface area contributed by atoms with E-state index in [4.69, 9.17) is 9.98 Å². The van der Waals surface area contributed by atoms with Crippen molar-refractivity contribution in [2.75, 3.05) is 0 Å². The third kappa shape index (κ3) is 7.11. The molecule has 0 amide bonds. The minimum atomic E-state index is -0.149. The second kappa shape index (κ2) is 17.6. The molecule has 0 fully saturated rings. The van der Waals surface area contributed by atoms with Crippen molar-refractivity contribution in [3.63, 3.8) is 0 Å². The summed E-state index contributed by atoms with van der Waals surface area (Å²) in [6.45, 7) is 49.0. The number of hydrogen-bond donors (Lipinski definition) is 6. The van der Waals surface area contributed by atoms with Crippen LogP contribution in [-0.2, 0) is 0 Å². The molecule has 378 valence electrons. The Labute approximate surface area is 436 Å². The van der Waals surface area contributed by atoms with Crippen LogP contribution in [0.2, 0.25) is 0 Å². The molecule has 4 aliphatic heterocycles. The topological polar surface area (TPSA) is 119 Å². The van der Waals surface area contributed by atoms with E-state index in [1.807, 2.05) is 0 Å². The summed E-state index contributed by atoms with van der Waals surface area (Å²) >= 11 is 0. The molecule has 0 saturated carbocycles. The summed E-state index contributed by atoms with van der Waals surface area (Å²) in [7, 11) is 0. The number of H-pyrrole nitrogens is 6. The lowest BCUT2D eigenvalue weighted by molar-refractivity contribution is 0.964. The van der Waals surface area contributed by atoms with Crippen LogP contribution in [0.4, 0.5) is 0 Å². The Bertz CT molecular complexity index is 4420. The molecule has 0 spiro atoms. The van der Waals surface area contributed by atoms with Gasteiger partial charge in [0.2, 0.25) is 0 Å². The quantitative estimate of drug-likeness (QED) is 0.0831. The molecule has 10 rings (SSSR count). The first-order valence-electron chi connectivity index (χ1n) is 26.4. The van der Waals surface area contributed by atoms with Crippen molar-refractivity contribution in [1.82, 2.24) is 29.9 Å². The maximum atomic E-state index is 5.63. The number of hydrogen-bond acceptors (Lipinski definition) is 2. The van der Waals surface area contributed by atoms with Crippen molar-refractivity contribution < 1.29 is 0 Å². The number of aliphatic imine (C=N–C) groups is 2. The van der Waals surface area contributed by atoms with E-state index < -0.39 is 0 Å². The van der Waals surface area contributed by atoms with Crippen LogP contribution in [0, 0.1) is 107 Å². The summed E-state index contributed by atoms with van der Waals surface area (Å²) in [5.74, 6) is 14.3. The number of rotatable bonds is 0. The zero-order chi connectivity index (χ0) is 53.6. The molecular weight excluding hydrogens is 905 g/mol. The van der Waals surface area contributed by atoms with Crippen LogP contribution in [0.25, 0.3) is 44.6 Å². The Morgan fingerprint density at radius 1 is 0.257 bits per heavy atom. The third-order valence-corrected chi connectivity index (χ3v) is 18.6. The fraction of sp³-hybridized carbons (Fsp3) is 0.364. The van der Waals surface area contributed by atoms with Crippen LogP contribution in [0.5, 0.6) is 0 Å². The van der Waals surface area contributed by atoms with E-state index >= 15 is 0 Å². The third-order valence-electron chi connectivity index (χ3n) is 18.6. The fourth-order valence-electron chi connectivity index (χ4n) is 12.6. The van der Waals surface area contributed by atoms with Gasteiger partial charge in [0.25, 0.3) is 0 Å². The van der Waals surface area contributed by atoms with Gasteiger partial charge in [0, 0.05) is 49.2 Å². The highest BCUT2D eigenvalue weighted by Gasteiger charge is 2.30. The van der Waals surface area contributed by atoms with Crippen molar-refractivity contribution in [3.8, 4) is 23.7 Å². The van der Waals surface area contributed by atoms with E-state index in [1.54, 1.807) is 0 Å². The highest BCUT2D eigenvalue weighted by molar-refractivity contribution is 6.33. The van der Waals surface area contributed by atoms with E-state index in [1.165, 1.54) is 89.1 Å². The smallest absolute Gasteiger partial charge is 0.0951 e. The molecule has 0 unspecified atom stereocenters. The SMILES string of the molecule is CC1=C(C)[C@H]2N=C1/C(C#CC#C/C1=c3/[nH]/c(c(C)c3C)=C(/C)[C@@H]3N=C(C(C)=C3C)/C(C)=c3\[nH]/c(c(C)c3C)=C(/C)c3[nH]c1c(C)c3C)=c1\[nH]/c(c(C)c1C)=C(/C)c1[nH]c(c(C)c1C)/C(C)=c1\[nH]/c(c(C)c1C)=C\2C. The van der Waals surface area contributed by atoms with Gasteiger partial charge < -0.3 is 29.9 Å². The summed E-state index contributed by atoms with van der Waals surface area (Å²) in [6.07, 6.45) is 0. The van der Waals surface area contributed by atoms with Crippen molar-refractivity contribution in [2.45, 2.75) is 164 Å². The van der Waals surface area contributed by atoms with Gasteiger partial charge in [-0.3, -0.25) is 9.98 Å². The summed E-state index contributed by atoms with van der Waals surface area (Å²) in [6, 6.07) is -0.231. The van der Waals surface area contributed by atoms with Gasteiger partial charge in [0.1, 0.15) is 0 Å². The first-order chi connectivity index (χ1) is 34.9. The van der Waals surface area contributed by atoms with Crippen LogP contribution in [0.1, 0.15) is 159 Å². The van der Waals surface area contributed by atoms with Crippen LogP contribution in [0.15, 0.2) is 32.3 Å². The second-order valence-electron chi connectivity index (χ2n) is 22.2. The van der Waals surface area contributed by atoms with Gasteiger partial charge >= 0.3 is 0 Å². The molecule has 0 aliphatic carbocycles. The number of nitrogens with zero attached hydrogens (tertiary/aromatic N) is 2.